The van der Waals surface area contributed by atoms with E-state index in [-0.39, 0.29) is 11.5 Å². The fourth-order valence-corrected chi connectivity index (χ4v) is 8.01. The molecule has 27 heavy (non-hydrogen) atoms. The van der Waals surface area contributed by atoms with Gasteiger partial charge in [0.1, 0.15) is 11.5 Å². The van der Waals surface area contributed by atoms with Crippen molar-refractivity contribution in [1.82, 2.24) is 0 Å². The number of aryl methyl sites for hydroxylation is 1. The van der Waals surface area contributed by atoms with Gasteiger partial charge in [-0.2, -0.15) is 0 Å². The molecule has 1 aromatic heterocycles. The Morgan fingerprint density at radius 3 is 2.63 bits per heavy atom. The third-order valence-electron chi connectivity index (χ3n) is 9.54. The van der Waals surface area contributed by atoms with E-state index >= 15 is 0 Å². The lowest BCUT2D eigenvalue weighted by molar-refractivity contribution is -0.119. The van der Waals surface area contributed by atoms with Crippen LogP contribution in [0, 0.1) is 41.4 Å². The first kappa shape index (κ1) is 18.0. The van der Waals surface area contributed by atoms with Crippen LogP contribution in [-0.2, 0) is 0 Å². The molecule has 0 unspecified atom stereocenters. The van der Waals surface area contributed by atoms with E-state index in [1.165, 1.54) is 56.9 Å². The minimum absolute atomic E-state index is 0.0620. The molecular weight excluding hydrogens is 332 g/mol. The van der Waals surface area contributed by atoms with Gasteiger partial charge in [0.15, 0.2) is 0 Å². The lowest BCUT2D eigenvalue weighted by Crippen LogP contribution is -2.53. The van der Waals surface area contributed by atoms with Crippen LogP contribution in [0.25, 0.3) is 6.08 Å². The van der Waals surface area contributed by atoms with Crippen LogP contribution in [0.15, 0.2) is 22.1 Å². The number of aliphatic hydroxyl groups is 1. The van der Waals surface area contributed by atoms with Crippen molar-refractivity contribution in [2.75, 3.05) is 0 Å². The highest BCUT2D eigenvalue weighted by Crippen LogP contribution is 2.67. The van der Waals surface area contributed by atoms with Crippen molar-refractivity contribution in [3.8, 4) is 0 Å². The molecule has 7 atom stereocenters. The summed E-state index contributed by atoms with van der Waals surface area (Å²) in [5, 5.41) is 11.3. The molecule has 0 aromatic carbocycles. The van der Waals surface area contributed by atoms with Crippen LogP contribution >= 0.6 is 0 Å². The molecule has 1 aromatic rings. The molecule has 1 N–H and O–H groups in total. The maximum Gasteiger partial charge on any atom is 0.127 e. The van der Waals surface area contributed by atoms with E-state index in [1.54, 1.807) is 0 Å². The second kappa shape index (κ2) is 6.24. The number of hydrogen-bond acceptors (Lipinski definition) is 2. The molecule has 0 bridgehead atoms. The van der Waals surface area contributed by atoms with Crippen LogP contribution in [0.5, 0.6) is 0 Å². The van der Waals surface area contributed by atoms with Crippen molar-refractivity contribution in [3.05, 3.63) is 29.2 Å². The summed E-state index contributed by atoms with van der Waals surface area (Å²) in [6, 6.07) is 4.06. The topological polar surface area (TPSA) is 33.4 Å². The summed E-state index contributed by atoms with van der Waals surface area (Å²) >= 11 is 0. The second-order valence-corrected chi connectivity index (χ2v) is 10.7. The summed E-state index contributed by atoms with van der Waals surface area (Å²) < 4.78 is 5.79. The van der Waals surface area contributed by atoms with Crippen molar-refractivity contribution in [2.45, 2.75) is 84.7 Å². The van der Waals surface area contributed by atoms with Gasteiger partial charge in [-0.05, 0) is 105 Å². The van der Waals surface area contributed by atoms with Gasteiger partial charge in [-0.3, -0.25) is 0 Å². The minimum Gasteiger partial charge on any atom is -0.462 e. The highest BCUT2D eigenvalue weighted by molar-refractivity contribution is 5.51. The number of fused-ring (bicyclic) bond motifs is 5. The monoisotopic (exact) mass is 368 g/mol. The Labute approximate surface area is 164 Å². The maximum atomic E-state index is 11.3. The van der Waals surface area contributed by atoms with Gasteiger partial charge in [-0.15, -0.1) is 0 Å². The van der Waals surface area contributed by atoms with Gasteiger partial charge in [0.2, 0.25) is 0 Å². The molecule has 0 amide bonds. The van der Waals surface area contributed by atoms with Crippen molar-refractivity contribution in [2.24, 2.45) is 34.5 Å². The van der Waals surface area contributed by atoms with Crippen LogP contribution in [0.1, 0.15) is 83.2 Å². The second-order valence-electron chi connectivity index (χ2n) is 10.7. The van der Waals surface area contributed by atoms with Crippen molar-refractivity contribution in [3.63, 3.8) is 0 Å². The van der Waals surface area contributed by atoms with Gasteiger partial charge in [0, 0.05) is 5.41 Å². The van der Waals surface area contributed by atoms with Gasteiger partial charge < -0.3 is 9.52 Å². The van der Waals surface area contributed by atoms with E-state index in [4.69, 9.17) is 4.42 Å². The van der Waals surface area contributed by atoms with E-state index in [1.807, 2.05) is 19.1 Å². The normalized spacial score (nSPS) is 48.1. The largest absolute Gasteiger partial charge is 0.462 e. The molecule has 4 aliphatic rings. The molecule has 0 aliphatic heterocycles. The van der Waals surface area contributed by atoms with Crippen LogP contribution in [0.2, 0.25) is 0 Å². The molecule has 0 saturated heterocycles. The zero-order valence-corrected chi connectivity index (χ0v) is 17.3. The summed E-state index contributed by atoms with van der Waals surface area (Å²) in [6.07, 6.45) is 14.0. The molecule has 4 fully saturated rings. The highest BCUT2D eigenvalue weighted by atomic mass is 16.3. The highest BCUT2D eigenvalue weighted by Gasteiger charge is 2.60. The standard InChI is InChI=1S/C25H36O2/c1-16-7-9-19(27-16)14-17-15-22-20-10-8-18-6-4-5-12-24(18,2)21(20)11-13-25(22,3)23(17)26/h7,9,14,18,20-23,26H,4-6,8,10-13,15H2,1-3H3/b17-14+/t18-,20+,21-,22-,23+,24-,25-/m0/s1. The number of furan rings is 1. The summed E-state index contributed by atoms with van der Waals surface area (Å²) in [4.78, 5) is 0. The first-order valence-electron chi connectivity index (χ1n) is 11.4. The van der Waals surface area contributed by atoms with Gasteiger partial charge >= 0.3 is 0 Å². The number of aliphatic hydroxyl groups excluding tert-OH is 1. The summed E-state index contributed by atoms with van der Waals surface area (Å²) in [6.45, 7) is 6.99. The van der Waals surface area contributed by atoms with E-state index in [0.29, 0.717) is 11.3 Å². The third-order valence-corrected chi connectivity index (χ3v) is 9.54. The zero-order valence-electron chi connectivity index (χ0n) is 17.3. The first-order chi connectivity index (χ1) is 12.9. The lowest BCUT2D eigenvalue weighted by atomic mass is 9.45. The Morgan fingerprint density at radius 1 is 1.00 bits per heavy atom. The van der Waals surface area contributed by atoms with E-state index in [2.05, 4.69) is 19.9 Å². The van der Waals surface area contributed by atoms with Crippen molar-refractivity contribution in [1.29, 1.82) is 0 Å². The molecular formula is C25H36O2. The molecule has 2 heteroatoms. The van der Waals surface area contributed by atoms with Gasteiger partial charge in [0.25, 0.3) is 0 Å². The summed E-state index contributed by atoms with van der Waals surface area (Å²) in [5.41, 5.74) is 1.85. The molecule has 1 heterocycles. The summed E-state index contributed by atoms with van der Waals surface area (Å²) in [5.74, 6) is 5.15. The lowest BCUT2D eigenvalue weighted by Gasteiger charge is -2.60. The van der Waals surface area contributed by atoms with Gasteiger partial charge in [-0.1, -0.05) is 26.7 Å². The molecule has 0 spiro atoms. The average molecular weight is 369 g/mol. The number of hydrogen-bond donors (Lipinski definition) is 1. The smallest absolute Gasteiger partial charge is 0.127 e. The predicted molar refractivity (Wildman–Crippen MR) is 109 cm³/mol. The Morgan fingerprint density at radius 2 is 1.85 bits per heavy atom. The molecule has 5 rings (SSSR count). The van der Waals surface area contributed by atoms with Crippen LogP contribution in [0.3, 0.4) is 0 Å². The molecule has 148 valence electrons. The molecule has 4 aliphatic carbocycles. The minimum atomic E-state index is -0.300. The Kier molecular flexibility index (Phi) is 4.17. The average Bonchev–Trinajstić information content (AvgIpc) is 3.16. The summed E-state index contributed by atoms with van der Waals surface area (Å²) in [7, 11) is 0. The van der Waals surface area contributed by atoms with Gasteiger partial charge in [-0.25, -0.2) is 0 Å². The fourth-order valence-electron chi connectivity index (χ4n) is 8.01. The van der Waals surface area contributed by atoms with Crippen LogP contribution in [0.4, 0.5) is 0 Å². The van der Waals surface area contributed by atoms with Crippen LogP contribution in [-0.4, -0.2) is 11.2 Å². The van der Waals surface area contributed by atoms with E-state index in [0.717, 1.165) is 35.7 Å². The van der Waals surface area contributed by atoms with Gasteiger partial charge in [0.05, 0.1) is 6.10 Å². The van der Waals surface area contributed by atoms with E-state index in [9.17, 15) is 5.11 Å². The SMILES string of the molecule is Cc1ccc(/C=C2\C[C@H]3[C@@H]4CC[C@@H]5CCCC[C@]5(C)[C@H]4CC[C@]3(C)[C@@H]2O)o1. The quantitative estimate of drug-likeness (QED) is 0.624. The van der Waals surface area contributed by atoms with Crippen molar-refractivity contribution >= 4 is 6.08 Å². The van der Waals surface area contributed by atoms with E-state index < -0.39 is 0 Å². The molecule has 0 radical (unpaired) electrons. The molecule has 2 nitrogen and oxygen atoms in total. The first-order valence-corrected chi connectivity index (χ1v) is 11.4. The van der Waals surface area contributed by atoms with Crippen LogP contribution < -0.4 is 0 Å². The third kappa shape index (κ3) is 2.62. The Hall–Kier alpha value is -1.02. The fraction of sp³-hybridized carbons (Fsp3) is 0.760. The zero-order chi connectivity index (χ0) is 18.8. The predicted octanol–water partition coefficient (Wildman–Crippen LogP) is 6.38. The maximum absolute atomic E-state index is 11.3. The Bertz CT molecular complexity index is 745. The molecule has 4 saturated carbocycles. The van der Waals surface area contributed by atoms with Crippen molar-refractivity contribution < 1.29 is 9.52 Å². The number of rotatable bonds is 1. The Balaban J connectivity index is 1.45.